The Labute approximate surface area is 210 Å². The standard InChI is InChI=1S/C21H20Cl2N5O6P/c22-18-7-14(8-19(23)26-18)11-32-20-4-3-13(10-25-20)6-15-9-17(34-27-15)16-2-1-5-28(21(16)24)12-33-35(29,30)31/h1-5,7-10,21H,6,11-12,24H2,(H2,29,30,31). The molecule has 35 heavy (non-hydrogen) atoms. The lowest BCUT2D eigenvalue weighted by molar-refractivity contribution is 0.110. The van der Waals surface area contributed by atoms with Gasteiger partial charge in [-0.1, -0.05) is 40.5 Å². The summed E-state index contributed by atoms with van der Waals surface area (Å²) in [4.78, 5) is 27.4. The summed E-state index contributed by atoms with van der Waals surface area (Å²) >= 11 is 11.8. The van der Waals surface area contributed by atoms with E-state index in [0.717, 1.165) is 11.1 Å². The van der Waals surface area contributed by atoms with Crippen LogP contribution in [-0.2, 0) is 22.1 Å². The fourth-order valence-electron chi connectivity index (χ4n) is 3.22. The first-order valence-electron chi connectivity index (χ1n) is 10.1. The summed E-state index contributed by atoms with van der Waals surface area (Å²) in [5, 5.41) is 4.66. The van der Waals surface area contributed by atoms with Crippen LogP contribution < -0.4 is 10.5 Å². The maximum Gasteiger partial charge on any atom is 0.471 e. The molecule has 0 radical (unpaired) electrons. The van der Waals surface area contributed by atoms with Crippen LogP contribution in [0.5, 0.6) is 5.88 Å². The van der Waals surface area contributed by atoms with Gasteiger partial charge >= 0.3 is 7.82 Å². The van der Waals surface area contributed by atoms with Crippen molar-refractivity contribution in [1.29, 1.82) is 0 Å². The zero-order valence-electron chi connectivity index (χ0n) is 18.0. The molecule has 11 nitrogen and oxygen atoms in total. The molecule has 1 unspecified atom stereocenters. The zero-order valence-corrected chi connectivity index (χ0v) is 20.4. The zero-order chi connectivity index (χ0) is 25.0. The molecule has 1 aliphatic heterocycles. The van der Waals surface area contributed by atoms with Crippen molar-refractivity contribution in [2.75, 3.05) is 6.73 Å². The van der Waals surface area contributed by atoms with Gasteiger partial charge in [-0.2, -0.15) is 0 Å². The second-order valence-corrected chi connectivity index (χ2v) is 9.46. The lowest BCUT2D eigenvalue weighted by Crippen LogP contribution is -2.41. The summed E-state index contributed by atoms with van der Waals surface area (Å²) in [6.45, 7) is -0.150. The molecular formula is C21H20Cl2N5O6P. The van der Waals surface area contributed by atoms with Gasteiger partial charge in [0.15, 0.2) is 5.76 Å². The first kappa shape index (κ1) is 25.3. The number of allylic oxidation sites excluding steroid dienone is 2. The van der Waals surface area contributed by atoms with Crippen LogP contribution in [-0.4, -0.2) is 42.7 Å². The molecule has 0 saturated carbocycles. The van der Waals surface area contributed by atoms with E-state index < -0.39 is 14.0 Å². The monoisotopic (exact) mass is 539 g/mol. The Morgan fingerprint density at radius 2 is 1.94 bits per heavy atom. The minimum Gasteiger partial charge on any atom is -0.473 e. The van der Waals surface area contributed by atoms with Crippen LogP contribution in [0.4, 0.5) is 0 Å². The van der Waals surface area contributed by atoms with E-state index in [1.807, 2.05) is 6.07 Å². The minimum absolute atomic E-state index is 0.237. The third kappa shape index (κ3) is 7.12. The van der Waals surface area contributed by atoms with E-state index in [2.05, 4.69) is 19.6 Å². The molecule has 3 aromatic heterocycles. The summed E-state index contributed by atoms with van der Waals surface area (Å²) in [6, 6.07) is 8.67. The van der Waals surface area contributed by atoms with Gasteiger partial charge in [0.25, 0.3) is 0 Å². The molecule has 14 heteroatoms. The van der Waals surface area contributed by atoms with Crippen molar-refractivity contribution in [2.24, 2.45) is 5.73 Å². The number of phosphoric acid groups is 1. The molecule has 184 valence electrons. The fourth-order valence-corrected chi connectivity index (χ4v) is 4.01. The minimum atomic E-state index is -4.63. The predicted molar refractivity (Wildman–Crippen MR) is 127 cm³/mol. The maximum absolute atomic E-state index is 11.0. The van der Waals surface area contributed by atoms with E-state index in [4.69, 9.17) is 48.0 Å². The first-order valence-corrected chi connectivity index (χ1v) is 12.4. The van der Waals surface area contributed by atoms with E-state index in [1.54, 1.807) is 48.8 Å². The van der Waals surface area contributed by atoms with Gasteiger partial charge in [-0.15, -0.1) is 0 Å². The normalized spacial score (nSPS) is 15.9. The van der Waals surface area contributed by atoms with Gasteiger partial charge in [0.1, 0.15) is 29.8 Å². The number of phosphoric ester groups is 1. The molecule has 0 saturated heterocycles. The Kier molecular flexibility index (Phi) is 7.88. The molecule has 0 spiro atoms. The molecule has 0 fully saturated rings. The highest BCUT2D eigenvalue weighted by Crippen LogP contribution is 2.36. The topological polar surface area (TPSA) is 157 Å². The van der Waals surface area contributed by atoms with Gasteiger partial charge in [0.05, 0.1) is 5.69 Å². The molecule has 4 heterocycles. The molecule has 1 atom stereocenters. The van der Waals surface area contributed by atoms with Gasteiger partial charge in [-0.05, 0) is 29.3 Å². The van der Waals surface area contributed by atoms with Crippen LogP contribution in [0.3, 0.4) is 0 Å². The van der Waals surface area contributed by atoms with E-state index in [1.165, 1.54) is 4.90 Å². The number of hydrogen-bond acceptors (Lipinski definition) is 9. The van der Waals surface area contributed by atoms with E-state index >= 15 is 0 Å². The number of ether oxygens (including phenoxy) is 1. The van der Waals surface area contributed by atoms with Crippen molar-refractivity contribution in [2.45, 2.75) is 19.2 Å². The van der Waals surface area contributed by atoms with Crippen LogP contribution >= 0.6 is 31.0 Å². The lowest BCUT2D eigenvalue weighted by atomic mass is 10.1. The van der Waals surface area contributed by atoms with E-state index in [9.17, 15) is 4.57 Å². The van der Waals surface area contributed by atoms with Crippen LogP contribution in [0.1, 0.15) is 22.6 Å². The molecule has 0 aliphatic carbocycles. The number of aromatic nitrogens is 3. The summed E-state index contributed by atoms with van der Waals surface area (Å²) < 4.78 is 26.6. The summed E-state index contributed by atoms with van der Waals surface area (Å²) in [5.41, 5.74) is 9.08. The van der Waals surface area contributed by atoms with Crippen molar-refractivity contribution >= 4 is 36.6 Å². The van der Waals surface area contributed by atoms with Gasteiger partial charge in [-0.25, -0.2) is 14.5 Å². The Morgan fingerprint density at radius 3 is 2.63 bits per heavy atom. The molecule has 4 rings (SSSR count). The average molecular weight is 540 g/mol. The molecule has 0 amide bonds. The van der Waals surface area contributed by atoms with Gasteiger partial charge in [0.2, 0.25) is 5.88 Å². The van der Waals surface area contributed by atoms with Gasteiger partial charge < -0.3 is 29.7 Å². The van der Waals surface area contributed by atoms with Crippen LogP contribution in [0, 0.1) is 0 Å². The SMILES string of the molecule is NC1C(c2cc(Cc3ccc(OCc4cc(Cl)nc(Cl)c4)nc3)no2)=CC=CN1COP(=O)(O)O. The number of rotatable bonds is 9. The van der Waals surface area contributed by atoms with Crippen LogP contribution in [0.15, 0.2) is 59.4 Å². The summed E-state index contributed by atoms with van der Waals surface area (Å²) in [5.74, 6) is 0.863. The predicted octanol–water partition coefficient (Wildman–Crippen LogP) is 3.51. The number of nitrogens with zero attached hydrogens (tertiary/aromatic N) is 4. The second-order valence-electron chi connectivity index (χ2n) is 7.44. The fraction of sp³-hybridized carbons (Fsp3) is 0.190. The third-order valence-electron chi connectivity index (χ3n) is 4.84. The Bertz CT molecular complexity index is 1270. The molecule has 0 bridgehead atoms. The van der Waals surface area contributed by atoms with Crippen molar-refractivity contribution in [3.05, 3.63) is 87.8 Å². The second kappa shape index (κ2) is 10.9. The molecule has 4 N–H and O–H groups in total. The quantitative estimate of drug-likeness (QED) is 0.270. The first-order chi connectivity index (χ1) is 16.7. The highest BCUT2D eigenvalue weighted by Gasteiger charge is 2.25. The maximum atomic E-state index is 11.0. The van der Waals surface area contributed by atoms with Crippen molar-refractivity contribution in [3.8, 4) is 5.88 Å². The number of pyridine rings is 2. The van der Waals surface area contributed by atoms with Crippen LogP contribution in [0.2, 0.25) is 10.3 Å². The molecule has 0 aromatic carbocycles. The molecule has 3 aromatic rings. The van der Waals surface area contributed by atoms with Gasteiger partial charge in [-0.3, -0.25) is 4.52 Å². The smallest absolute Gasteiger partial charge is 0.471 e. The third-order valence-corrected chi connectivity index (χ3v) is 5.68. The van der Waals surface area contributed by atoms with E-state index in [0.29, 0.717) is 29.3 Å². The van der Waals surface area contributed by atoms with Crippen molar-refractivity contribution in [1.82, 2.24) is 20.0 Å². The highest BCUT2D eigenvalue weighted by atomic mass is 35.5. The van der Waals surface area contributed by atoms with Crippen LogP contribution in [0.25, 0.3) is 5.57 Å². The largest absolute Gasteiger partial charge is 0.473 e. The Hall–Kier alpha value is -2.76. The average Bonchev–Trinajstić information content (AvgIpc) is 3.25. The summed E-state index contributed by atoms with van der Waals surface area (Å²) in [7, 11) is -4.63. The lowest BCUT2D eigenvalue weighted by Gasteiger charge is -2.30. The van der Waals surface area contributed by atoms with E-state index in [-0.39, 0.29) is 23.6 Å². The van der Waals surface area contributed by atoms with Crippen molar-refractivity contribution in [3.63, 3.8) is 0 Å². The Balaban J connectivity index is 1.35. The van der Waals surface area contributed by atoms with Gasteiger partial charge in [0, 0.05) is 36.5 Å². The summed E-state index contributed by atoms with van der Waals surface area (Å²) in [6.07, 6.45) is 6.35. The molecule has 1 aliphatic rings. The number of hydrogen-bond donors (Lipinski definition) is 3. The number of halogens is 2. The Morgan fingerprint density at radius 1 is 1.17 bits per heavy atom. The molecular weight excluding hydrogens is 520 g/mol. The highest BCUT2D eigenvalue weighted by molar-refractivity contribution is 7.46. The van der Waals surface area contributed by atoms with Crippen molar-refractivity contribution < 1.29 is 28.1 Å². The number of nitrogens with two attached hydrogens (primary N) is 1.